The highest BCUT2D eigenvalue weighted by Gasteiger charge is 2.40. The highest BCUT2D eigenvalue weighted by Crippen LogP contribution is 2.42. The molecule has 35 heavy (non-hydrogen) atoms. The Morgan fingerprint density at radius 2 is 1.63 bits per heavy atom. The molecule has 6 heteroatoms. The van der Waals surface area contributed by atoms with Gasteiger partial charge in [-0.05, 0) is 54.7 Å². The SMILES string of the molecule is CCCCc1ccc(NC(=O)/C(C#N)=C2\S[C@H](Cc3ccccc3)C(=O)N2c2ccccc2)cc1. The molecule has 0 unspecified atom stereocenters. The van der Waals surface area contributed by atoms with Crippen molar-refractivity contribution < 1.29 is 9.59 Å². The molecule has 1 heterocycles. The van der Waals surface area contributed by atoms with Crippen LogP contribution in [0.25, 0.3) is 0 Å². The molecule has 3 aromatic rings. The van der Waals surface area contributed by atoms with Gasteiger partial charge in [0, 0.05) is 11.4 Å². The van der Waals surface area contributed by atoms with Crippen LogP contribution < -0.4 is 10.2 Å². The smallest absolute Gasteiger partial charge is 0.269 e. The Hall–Kier alpha value is -3.82. The van der Waals surface area contributed by atoms with E-state index in [9.17, 15) is 14.9 Å². The molecule has 1 aliphatic rings. The molecule has 1 fully saturated rings. The van der Waals surface area contributed by atoms with E-state index >= 15 is 0 Å². The molecular weight excluding hydrogens is 454 g/mol. The van der Waals surface area contributed by atoms with E-state index < -0.39 is 11.2 Å². The van der Waals surface area contributed by atoms with Crippen LogP contribution in [-0.4, -0.2) is 17.1 Å². The maximum absolute atomic E-state index is 13.5. The molecule has 176 valence electrons. The lowest BCUT2D eigenvalue weighted by atomic mass is 10.1. The number of para-hydroxylation sites is 1. The summed E-state index contributed by atoms with van der Waals surface area (Å²) in [5.74, 6) is -0.661. The zero-order valence-electron chi connectivity index (χ0n) is 19.6. The molecule has 1 atom stereocenters. The number of hydrogen-bond donors (Lipinski definition) is 1. The molecule has 0 aromatic heterocycles. The minimum Gasteiger partial charge on any atom is -0.321 e. The van der Waals surface area contributed by atoms with E-state index in [0.29, 0.717) is 22.8 Å². The van der Waals surface area contributed by atoms with E-state index in [4.69, 9.17) is 0 Å². The van der Waals surface area contributed by atoms with Crippen LogP contribution in [0.2, 0.25) is 0 Å². The maximum Gasteiger partial charge on any atom is 0.269 e. The number of thioether (sulfide) groups is 1. The van der Waals surface area contributed by atoms with Crippen LogP contribution in [0, 0.1) is 11.3 Å². The molecule has 0 spiro atoms. The topological polar surface area (TPSA) is 73.2 Å². The number of unbranched alkanes of at least 4 members (excludes halogenated alkanes) is 1. The van der Waals surface area contributed by atoms with Gasteiger partial charge in [-0.25, -0.2) is 0 Å². The Labute approximate surface area is 210 Å². The van der Waals surface area contributed by atoms with E-state index in [1.807, 2.05) is 84.9 Å². The predicted molar refractivity (Wildman–Crippen MR) is 142 cm³/mol. The van der Waals surface area contributed by atoms with Crippen LogP contribution in [0.15, 0.2) is 95.5 Å². The molecule has 1 aliphatic heterocycles. The zero-order valence-corrected chi connectivity index (χ0v) is 20.4. The number of nitrogens with zero attached hydrogens (tertiary/aromatic N) is 2. The molecule has 5 nitrogen and oxygen atoms in total. The van der Waals surface area contributed by atoms with Crippen LogP contribution in [0.3, 0.4) is 0 Å². The van der Waals surface area contributed by atoms with Crippen LogP contribution in [0.1, 0.15) is 30.9 Å². The second-order valence-corrected chi connectivity index (χ2v) is 9.54. The number of anilines is 2. The molecule has 1 saturated heterocycles. The molecule has 0 aliphatic carbocycles. The van der Waals surface area contributed by atoms with Gasteiger partial charge in [0.05, 0.1) is 5.25 Å². The average Bonchev–Trinajstić information content (AvgIpc) is 3.20. The summed E-state index contributed by atoms with van der Waals surface area (Å²) < 4.78 is 0. The molecule has 0 radical (unpaired) electrons. The van der Waals surface area contributed by atoms with E-state index in [-0.39, 0.29) is 11.5 Å². The fourth-order valence-corrected chi connectivity index (χ4v) is 5.26. The van der Waals surface area contributed by atoms with E-state index in [0.717, 1.165) is 24.8 Å². The molecule has 1 N–H and O–H groups in total. The van der Waals surface area contributed by atoms with Gasteiger partial charge < -0.3 is 5.32 Å². The van der Waals surface area contributed by atoms with Gasteiger partial charge in [0.1, 0.15) is 16.7 Å². The summed E-state index contributed by atoms with van der Waals surface area (Å²) in [7, 11) is 0. The molecule has 0 bridgehead atoms. The van der Waals surface area contributed by atoms with Gasteiger partial charge in [-0.15, -0.1) is 0 Å². The number of carbonyl (C=O) groups is 2. The fraction of sp³-hybridized carbons (Fsp3) is 0.207. The zero-order chi connectivity index (χ0) is 24.6. The summed E-state index contributed by atoms with van der Waals surface area (Å²) >= 11 is 1.27. The summed E-state index contributed by atoms with van der Waals surface area (Å²) in [6.45, 7) is 2.15. The standard InChI is InChI=1S/C29H27N3O2S/c1-2-3-10-21-15-17-23(18-16-21)31-27(33)25(20-30)29-32(24-13-8-5-9-14-24)28(34)26(35-29)19-22-11-6-4-7-12-22/h4-9,11-18,26H,2-3,10,19H2,1H3,(H,31,33)/b29-25-/t26-/m1/s1. The Morgan fingerprint density at radius 1 is 0.971 bits per heavy atom. The van der Waals surface area contributed by atoms with Gasteiger partial charge in [-0.3, -0.25) is 14.5 Å². The number of aryl methyl sites for hydroxylation is 1. The second-order valence-electron chi connectivity index (χ2n) is 8.35. The Morgan fingerprint density at radius 3 is 2.26 bits per heavy atom. The monoisotopic (exact) mass is 481 g/mol. The highest BCUT2D eigenvalue weighted by atomic mass is 32.2. The molecular formula is C29H27N3O2S. The fourth-order valence-electron chi connectivity index (χ4n) is 3.96. The van der Waals surface area contributed by atoms with Crippen molar-refractivity contribution in [2.45, 2.75) is 37.9 Å². The minimum absolute atomic E-state index is 0.0715. The van der Waals surface area contributed by atoms with Gasteiger partial charge in [0.15, 0.2) is 0 Å². The number of nitriles is 1. The summed E-state index contributed by atoms with van der Waals surface area (Å²) in [4.78, 5) is 28.2. The number of nitrogens with one attached hydrogen (secondary N) is 1. The molecule has 4 rings (SSSR count). The maximum atomic E-state index is 13.5. The van der Waals surface area contributed by atoms with Crippen LogP contribution >= 0.6 is 11.8 Å². The van der Waals surface area contributed by atoms with Crippen molar-refractivity contribution >= 4 is 35.0 Å². The third kappa shape index (κ3) is 5.82. The minimum atomic E-state index is -0.523. The van der Waals surface area contributed by atoms with Gasteiger partial charge in [0.25, 0.3) is 5.91 Å². The van der Waals surface area contributed by atoms with Crippen LogP contribution in [-0.2, 0) is 22.4 Å². The molecule has 2 amide bonds. The first-order valence-corrected chi connectivity index (χ1v) is 12.6. The summed E-state index contributed by atoms with van der Waals surface area (Å²) in [5.41, 5.74) is 3.41. The van der Waals surface area contributed by atoms with Crippen molar-refractivity contribution in [2.24, 2.45) is 0 Å². The van der Waals surface area contributed by atoms with Crippen molar-refractivity contribution in [3.05, 3.63) is 107 Å². The van der Waals surface area contributed by atoms with Crippen molar-refractivity contribution in [1.82, 2.24) is 0 Å². The number of carbonyl (C=O) groups excluding carboxylic acids is 2. The summed E-state index contributed by atoms with van der Waals surface area (Å²) in [6.07, 6.45) is 3.74. The van der Waals surface area contributed by atoms with Gasteiger partial charge >= 0.3 is 0 Å². The number of amides is 2. The third-order valence-corrected chi connectivity index (χ3v) is 7.08. The van der Waals surface area contributed by atoms with Gasteiger partial charge in [0.2, 0.25) is 5.91 Å². The largest absolute Gasteiger partial charge is 0.321 e. The Bertz CT molecular complexity index is 1250. The summed E-state index contributed by atoms with van der Waals surface area (Å²) in [5, 5.41) is 12.8. The van der Waals surface area contributed by atoms with Crippen LogP contribution in [0.5, 0.6) is 0 Å². The first-order valence-electron chi connectivity index (χ1n) is 11.7. The van der Waals surface area contributed by atoms with Crippen molar-refractivity contribution in [1.29, 1.82) is 5.26 Å². The first kappa shape index (κ1) is 24.3. The van der Waals surface area contributed by atoms with Crippen molar-refractivity contribution in [2.75, 3.05) is 10.2 Å². The third-order valence-electron chi connectivity index (χ3n) is 5.81. The van der Waals surface area contributed by atoms with Crippen molar-refractivity contribution in [3.63, 3.8) is 0 Å². The normalized spacial score (nSPS) is 16.6. The van der Waals surface area contributed by atoms with Gasteiger partial charge in [-0.2, -0.15) is 5.26 Å². The lowest BCUT2D eigenvalue weighted by Gasteiger charge is -2.18. The van der Waals surface area contributed by atoms with Crippen molar-refractivity contribution in [3.8, 4) is 6.07 Å². The summed E-state index contributed by atoms with van der Waals surface area (Å²) in [6, 6.07) is 28.7. The van der Waals surface area contributed by atoms with E-state index in [2.05, 4.69) is 18.3 Å². The number of benzene rings is 3. The van der Waals surface area contributed by atoms with Crippen LogP contribution in [0.4, 0.5) is 11.4 Å². The lowest BCUT2D eigenvalue weighted by Crippen LogP contribution is -2.30. The Balaban J connectivity index is 1.63. The number of rotatable bonds is 8. The second kappa shape index (κ2) is 11.5. The molecule has 0 saturated carbocycles. The van der Waals surface area contributed by atoms with E-state index in [1.165, 1.54) is 22.2 Å². The Kier molecular flexibility index (Phi) is 8.02. The quantitative estimate of drug-likeness (QED) is 0.312. The molecule has 3 aromatic carbocycles. The average molecular weight is 482 g/mol. The van der Waals surface area contributed by atoms with Gasteiger partial charge in [-0.1, -0.05) is 85.8 Å². The predicted octanol–water partition coefficient (Wildman–Crippen LogP) is 6.09. The lowest BCUT2D eigenvalue weighted by molar-refractivity contribution is -0.117. The van der Waals surface area contributed by atoms with E-state index in [1.54, 1.807) is 0 Å². The highest BCUT2D eigenvalue weighted by molar-refractivity contribution is 8.05. The number of hydrogen-bond acceptors (Lipinski definition) is 4. The first-order chi connectivity index (χ1) is 17.1.